The van der Waals surface area contributed by atoms with Gasteiger partial charge in [-0.2, -0.15) is 0 Å². The number of hydrogen-bond acceptors (Lipinski definition) is 5. The maximum atomic E-state index is 15.2. The van der Waals surface area contributed by atoms with Crippen LogP contribution < -0.4 is 4.90 Å². The van der Waals surface area contributed by atoms with Crippen molar-refractivity contribution in [1.29, 1.82) is 0 Å². The highest BCUT2D eigenvalue weighted by atomic mass is 35.5. The average Bonchev–Trinajstić information content (AvgIpc) is 3.38. The van der Waals surface area contributed by atoms with Gasteiger partial charge in [0, 0.05) is 22.4 Å². The van der Waals surface area contributed by atoms with Gasteiger partial charge in [-0.05, 0) is 44.9 Å². The van der Waals surface area contributed by atoms with Crippen LogP contribution in [0.1, 0.15) is 45.1 Å². The number of allylic oxidation sites excluding steroid dienone is 2. The van der Waals surface area contributed by atoms with Crippen LogP contribution in [0.4, 0.5) is 27.6 Å². The van der Waals surface area contributed by atoms with Crippen molar-refractivity contribution in [3.8, 4) is 5.75 Å². The van der Waals surface area contributed by atoms with Crippen LogP contribution in [0.2, 0.25) is 0 Å². The molecule has 7 nitrogen and oxygen atoms in total. The number of phenols is 1. The molecule has 4 amide bonds. The molecule has 2 aliphatic carbocycles. The molecule has 4 aliphatic rings. The molecule has 2 saturated heterocycles. The molecular formula is C34H25Cl2F5N2O5. The van der Waals surface area contributed by atoms with Gasteiger partial charge in [-0.1, -0.05) is 48.0 Å². The second-order valence-electron chi connectivity index (χ2n) is 13.6. The maximum absolute atomic E-state index is 15.2. The number of aromatic hydroxyl groups is 1. The number of rotatable bonds is 2. The Morgan fingerprint density at radius 3 is 2.04 bits per heavy atom. The van der Waals surface area contributed by atoms with E-state index < -0.39 is 104 Å². The van der Waals surface area contributed by atoms with Gasteiger partial charge in [0.25, 0.3) is 11.8 Å². The van der Waals surface area contributed by atoms with Crippen LogP contribution in [0.15, 0.2) is 48.0 Å². The van der Waals surface area contributed by atoms with Gasteiger partial charge in [0.05, 0.1) is 11.8 Å². The molecule has 1 saturated carbocycles. The normalized spacial score (nSPS) is 30.2. The molecule has 14 heteroatoms. The number of imide groups is 2. The third-order valence-corrected chi connectivity index (χ3v) is 11.5. The fourth-order valence-electron chi connectivity index (χ4n) is 8.08. The molecule has 48 heavy (non-hydrogen) atoms. The summed E-state index contributed by atoms with van der Waals surface area (Å²) >= 11 is 14.3. The largest absolute Gasteiger partial charge is 0.507 e. The van der Waals surface area contributed by atoms with E-state index in [4.69, 9.17) is 23.2 Å². The van der Waals surface area contributed by atoms with E-state index >= 15 is 8.78 Å². The van der Waals surface area contributed by atoms with Crippen LogP contribution in [0.25, 0.3) is 10.8 Å². The van der Waals surface area contributed by atoms with E-state index in [-0.39, 0.29) is 28.2 Å². The minimum Gasteiger partial charge on any atom is -0.507 e. The highest BCUT2D eigenvalue weighted by molar-refractivity contribution is 6.58. The molecule has 2 heterocycles. The lowest BCUT2D eigenvalue weighted by Crippen LogP contribution is -2.60. The molecule has 0 unspecified atom stereocenters. The number of anilines is 1. The second kappa shape index (κ2) is 10.2. The lowest BCUT2D eigenvalue weighted by atomic mass is 9.56. The van der Waals surface area contributed by atoms with Crippen LogP contribution in [0.5, 0.6) is 5.75 Å². The first kappa shape index (κ1) is 32.5. The summed E-state index contributed by atoms with van der Waals surface area (Å²) in [5.41, 5.74) is -2.59. The Balaban J connectivity index is 1.50. The number of likely N-dealkylation sites (tertiary alicyclic amines) is 1. The van der Waals surface area contributed by atoms with Crippen LogP contribution in [-0.4, -0.2) is 48.9 Å². The van der Waals surface area contributed by atoms with Gasteiger partial charge in [0.15, 0.2) is 33.0 Å². The maximum Gasteiger partial charge on any atom is 0.258 e. The van der Waals surface area contributed by atoms with E-state index in [0.29, 0.717) is 10.8 Å². The molecule has 7 rings (SSSR count). The van der Waals surface area contributed by atoms with Gasteiger partial charge < -0.3 is 5.11 Å². The van der Waals surface area contributed by atoms with Crippen molar-refractivity contribution < 1.29 is 46.2 Å². The zero-order valence-electron chi connectivity index (χ0n) is 25.4. The van der Waals surface area contributed by atoms with Crippen molar-refractivity contribution in [3.05, 3.63) is 82.7 Å². The highest BCUT2D eigenvalue weighted by Gasteiger charge is 2.77. The number of benzene rings is 3. The van der Waals surface area contributed by atoms with Crippen LogP contribution >= 0.6 is 23.2 Å². The summed E-state index contributed by atoms with van der Waals surface area (Å²) < 4.78 is 73.3. The standard InChI is InChI=1S/C34H25Cl2F5N2O5/c1-32(2,3)43-28(45)16-11-10-15-18(19(16)29(43)46)12-33(35)30(47)42(26-24(40)22(38)21(37)23(39)25(26)41)31(48)34(33,36)20(15)17-9-8-13-6-4-5-7-14(13)27(17)44/h4-10,16,18-20,44H,11-12H2,1-3H3/t16-,18+,19-,20+,33+,34-/m0/s1. The summed E-state index contributed by atoms with van der Waals surface area (Å²) in [6.07, 6.45) is 0.968. The molecule has 0 radical (unpaired) electrons. The topological polar surface area (TPSA) is 95.0 Å². The Morgan fingerprint density at radius 1 is 0.812 bits per heavy atom. The number of nitrogens with zero attached hydrogens (tertiary/aromatic N) is 2. The lowest BCUT2D eigenvalue weighted by Gasteiger charge is -2.50. The highest BCUT2D eigenvalue weighted by Crippen LogP contribution is 2.67. The fourth-order valence-corrected chi connectivity index (χ4v) is 9.01. The summed E-state index contributed by atoms with van der Waals surface area (Å²) in [4.78, 5) is 51.8. The number of phenolic OH excluding ortho intramolecular Hbond substituents is 1. The summed E-state index contributed by atoms with van der Waals surface area (Å²) in [6.45, 7) is 5.00. The first-order valence-corrected chi connectivity index (χ1v) is 15.7. The van der Waals surface area contributed by atoms with Crippen LogP contribution in [0.3, 0.4) is 0 Å². The number of halogens is 7. The van der Waals surface area contributed by atoms with Crippen molar-refractivity contribution in [2.75, 3.05) is 4.90 Å². The quantitative estimate of drug-likeness (QED) is 0.0810. The van der Waals surface area contributed by atoms with Crippen molar-refractivity contribution in [3.63, 3.8) is 0 Å². The number of carbonyl (C=O) groups excluding carboxylic acids is 4. The molecule has 6 atom stereocenters. The molecule has 0 spiro atoms. The summed E-state index contributed by atoms with van der Waals surface area (Å²) in [7, 11) is 0. The van der Waals surface area contributed by atoms with Gasteiger partial charge in [0.2, 0.25) is 17.6 Å². The predicted molar refractivity (Wildman–Crippen MR) is 164 cm³/mol. The first-order chi connectivity index (χ1) is 22.4. The summed E-state index contributed by atoms with van der Waals surface area (Å²) in [6, 6.07) is 9.60. The van der Waals surface area contributed by atoms with E-state index in [1.54, 1.807) is 57.2 Å². The fraction of sp³-hybridized carbons (Fsp3) is 0.353. The number of carbonyl (C=O) groups is 4. The minimum absolute atomic E-state index is 0.00421. The van der Waals surface area contributed by atoms with Crippen LogP contribution in [-0.2, 0) is 19.2 Å². The average molecular weight is 707 g/mol. The number of fused-ring (bicyclic) bond motifs is 5. The van der Waals surface area contributed by atoms with Crippen molar-refractivity contribution >= 4 is 63.3 Å². The molecule has 2 aliphatic heterocycles. The third-order valence-electron chi connectivity index (χ3n) is 10.1. The Kier molecular flexibility index (Phi) is 6.94. The van der Waals surface area contributed by atoms with Gasteiger partial charge in [-0.3, -0.25) is 24.1 Å². The molecule has 250 valence electrons. The number of amides is 4. The molecule has 3 aromatic carbocycles. The zero-order chi connectivity index (χ0) is 35.0. The smallest absolute Gasteiger partial charge is 0.258 e. The van der Waals surface area contributed by atoms with Gasteiger partial charge >= 0.3 is 0 Å². The van der Waals surface area contributed by atoms with E-state index in [2.05, 4.69) is 0 Å². The lowest BCUT2D eigenvalue weighted by molar-refractivity contribution is -0.145. The van der Waals surface area contributed by atoms with E-state index in [9.17, 15) is 37.5 Å². The Morgan fingerprint density at radius 2 is 1.42 bits per heavy atom. The van der Waals surface area contributed by atoms with Crippen molar-refractivity contribution in [2.45, 2.75) is 54.8 Å². The van der Waals surface area contributed by atoms with Gasteiger partial charge in [-0.25, -0.2) is 26.9 Å². The SMILES string of the molecule is CC(C)(C)N1C(=O)[C@H]2[C@H](CC=C3[C@H]2C[C@@]2(Cl)C(=O)N(c4c(F)c(F)c(F)c(F)c4F)C(=O)[C@@]2(Cl)[C@H]3c2ccc3ccccc3c2O)C1=O. The van der Waals surface area contributed by atoms with Crippen molar-refractivity contribution in [2.24, 2.45) is 17.8 Å². The second-order valence-corrected chi connectivity index (χ2v) is 14.8. The Bertz CT molecular complexity index is 2040. The Labute approximate surface area is 279 Å². The third kappa shape index (κ3) is 3.87. The minimum atomic E-state index is -2.73. The van der Waals surface area contributed by atoms with E-state index in [1.165, 1.54) is 6.07 Å². The Hall–Kier alpha value is -4.03. The van der Waals surface area contributed by atoms with Gasteiger partial charge in [0.1, 0.15) is 11.4 Å². The van der Waals surface area contributed by atoms with Gasteiger partial charge in [-0.15, -0.1) is 23.2 Å². The van der Waals surface area contributed by atoms with Crippen molar-refractivity contribution in [1.82, 2.24) is 4.90 Å². The number of hydrogen-bond donors (Lipinski definition) is 1. The molecular weight excluding hydrogens is 682 g/mol. The predicted octanol–water partition coefficient (Wildman–Crippen LogP) is 6.60. The van der Waals surface area contributed by atoms with Crippen LogP contribution in [0, 0.1) is 46.8 Å². The summed E-state index contributed by atoms with van der Waals surface area (Å²) in [5, 5.41) is 12.5. The monoisotopic (exact) mass is 706 g/mol. The number of alkyl halides is 2. The molecule has 1 N–H and O–H groups in total. The molecule has 3 aromatic rings. The van der Waals surface area contributed by atoms with E-state index in [0.717, 1.165) is 4.90 Å². The zero-order valence-corrected chi connectivity index (χ0v) is 26.9. The molecule has 0 aromatic heterocycles. The summed E-state index contributed by atoms with van der Waals surface area (Å²) in [5.74, 6) is -21.5. The first-order valence-electron chi connectivity index (χ1n) is 15.0. The molecule has 3 fully saturated rings. The molecule has 0 bridgehead atoms. The van der Waals surface area contributed by atoms with E-state index in [1.807, 2.05) is 0 Å².